The van der Waals surface area contributed by atoms with Gasteiger partial charge in [-0.25, -0.2) is 9.78 Å². The van der Waals surface area contributed by atoms with E-state index in [9.17, 15) is 9.59 Å². The molecule has 6 nitrogen and oxygen atoms in total. The molecule has 0 unspecified atom stereocenters. The maximum atomic E-state index is 12.1. The molecule has 2 amide bonds. The van der Waals surface area contributed by atoms with E-state index in [1.807, 2.05) is 12.1 Å². The summed E-state index contributed by atoms with van der Waals surface area (Å²) >= 11 is 1.66. The smallest absolute Gasteiger partial charge is 0.317 e. The topological polar surface area (TPSA) is 82.5 Å². The molecule has 2 heterocycles. The van der Waals surface area contributed by atoms with Gasteiger partial charge in [-0.1, -0.05) is 6.92 Å². The van der Waals surface area contributed by atoms with Gasteiger partial charge in [-0.3, -0.25) is 4.79 Å². The van der Waals surface area contributed by atoms with E-state index in [2.05, 4.69) is 17.2 Å². The first-order valence-corrected chi connectivity index (χ1v) is 8.42. The predicted octanol–water partition coefficient (Wildman–Crippen LogP) is 2.20. The number of carbonyl (C=O) groups excluding carboxylic acids is 1. The number of carboxylic acid groups (broad SMARTS) is 1. The molecule has 1 aliphatic rings. The van der Waals surface area contributed by atoms with Gasteiger partial charge in [0.15, 0.2) is 0 Å². The van der Waals surface area contributed by atoms with Crippen LogP contribution in [0.4, 0.5) is 4.79 Å². The lowest BCUT2D eigenvalue weighted by Crippen LogP contribution is -2.45. The van der Waals surface area contributed by atoms with Crippen molar-refractivity contribution >= 4 is 23.8 Å². The summed E-state index contributed by atoms with van der Waals surface area (Å²) in [5.74, 6) is -0.128. The summed E-state index contributed by atoms with van der Waals surface area (Å²) in [6.07, 6.45) is 2.79. The monoisotopic (exact) mass is 323 g/mol. The number of rotatable bonds is 5. The largest absolute Gasteiger partial charge is 0.481 e. The van der Waals surface area contributed by atoms with Gasteiger partial charge in [0.05, 0.1) is 10.9 Å². The molecule has 120 valence electrons. The van der Waals surface area contributed by atoms with Gasteiger partial charge in [-0.05, 0) is 36.3 Å². The maximum Gasteiger partial charge on any atom is 0.317 e. The van der Waals surface area contributed by atoms with Crippen LogP contribution in [-0.4, -0.2) is 45.8 Å². The second-order valence-electron chi connectivity index (χ2n) is 5.19. The van der Waals surface area contributed by atoms with Crippen molar-refractivity contribution in [2.24, 2.45) is 5.92 Å². The highest BCUT2D eigenvalue weighted by Gasteiger charge is 2.26. The van der Waals surface area contributed by atoms with Crippen molar-refractivity contribution in [3.05, 3.63) is 23.9 Å². The Labute approximate surface area is 134 Å². The summed E-state index contributed by atoms with van der Waals surface area (Å²) in [5.41, 5.74) is 1.01. The number of aliphatic carboxylic acids is 1. The fraction of sp³-hybridized carbons (Fsp3) is 0.533. The highest BCUT2D eigenvalue weighted by Crippen LogP contribution is 2.18. The van der Waals surface area contributed by atoms with Crippen LogP contribution in [0.2, 0.25) is 0 Å². The van der Waals surface area contributed by atoms with Gasteiger partial charge in [-0.2, -0.15) is 0 Å². The van der Waals surface area contributed by atoms with Crippen molar-refractivity contribution in [3.63, 3.8) is 0 Å². The Balaban J connectivity index is 1.80. The van der Waals surface area contributed by atoms with Crippen molar-refractivity contribution in [1.29, 1.82) is 0 Å². The molecule has 1 saturated heterocycles. The highest BCUT2D eigenvalue weighted by atomic mass is 32.2. The minimum absolute atomic E-state index is 0.134. The molecule has 22 heavy (non-hydrogen) atoms. The highest BCUT2D eigenvalue weighted by molar-refractivity contribution is 7.99. The summed E-state index contributed by atoms with van der Waals surface area (Å²) in [6.45, 7) is 3.52. The lowest BCUT2D eigenvalue weighted by Gasteiger charge is -2.30. The van der Waals surface area contributed by atoms with E-state index < -0.39 is 5.97 Å². The molecule has 1 aliphatic heterocycles. The molecule has 0 saturated carbocycles. The molecule has 0 atom stereocenters. The van der Waals surface area contributed by atoms with E-state index in [0.29, 0.717) is 32.5 Å². The van der Waals surface area contributed by atoms with Crippen molar-refractivity contribution in [2.75, 3.05) is 18.8 Å². The van der Waals surface area contributed by atoms with Crippen molar-refractivity contribution in [2.45, 2.75) is 31.3 Å². The zero-order valence-corrected chi connectivity index (χ0v) is 13.4. The van der Waals surface area contributed by atoms with Crippen LogP contribution < -0.4 is 5.32 Å². The summed E-state index contributed by atoms with van der Waals surface area (Å²) in [4.78, 5) is 28.9. The number of pyridine rings is 1. The summed E-state index contributed by atoms with van der Waals surface area (Å²) in [5, 5.41) is 12.8. The van der Waals surface area contributed by atoms with E-state index in [0.717, 1.165) is 16.3 Å². The van der Waals surface area contributed by atoms with E-state index in [1.54, 1.807) is 22.9 Å². The maximum absolute atomic E-state index is 12.1. The third-order valence-electron chi connectivity index (χ3n) is 3.67. The molecule has 0 bridgehead atoms. The second-order valence-corrected chi connectivity index (χ2v) is 6.48. The van der Waals surface area contributed by atoms with Crippen LogP contribution in [0, 0.1) is 5.92 Å². The van der Waals surface area contributed by atoms with Crippen molar-refractivity contribution in [1.82, 2.24) is 15.2 Å². The SMILES string of the molecule is CCSc1cc(CNC(=O)N2CCC(C(=O)O)CC2)ccn1. The third-order valence-corrected chi connectivity index (χ3v) is 4.47. The van der Waals surface area contributed by atoms with Crippen LogP contribution in [0.1, 0.15) is 25.3 Å². The summed E-state index contributed by atoms with van der Waals surface area (Å²) in [6, 6.07) is 3.73. The molecule has 2 N–H and O–H groups in total. The fourth-order valence-electron chi connectivity index (χ4n) is 2.41. The lowest BCUT2D eigenvalue weighted by atomic mass is 9.97. The number of carbonyl (C=O) groups is 2. The Hall–Kier alpha value is -1.76. The van der Waals surface area contributed by atoms with Crippen molar-refractivity contribution < 1.29 is 14.7 Å². The number of aromatic nitrogens is 1. The number of piperidine rings is 1. The van der Waals surface area contributed by atoms with Crippen LogP contribution in [0.25, 0.3) is 0 Å². The first kappa shape index (κ1) is 16.6. The zero-order valence-electron chi connectivity index (χ0n) is 12.6. The Morgan fingerprint density at radius 1 is 1.45 bits per heavy atom. The average molecular weight is 323 g/mol. The number of thioether (sulfide) groups is 1. The number of carboxylic acids is 1. The molecule has 0 spiro atoms. The Morgan fingerprint density at radius 2 is 2.18 bits per heavy atom. The fourth-order valence-corrected chi connectivity index (χ4v) is 3.07. The third kappa shape index (κ3) is 4.62. The lowest BCUT2D eigenvalue weighted by molar-refractivity contribution is -0.143. The van der Waals surface area contributed by atoms with Crippen molar-refractivity contribution in [3.8, 4) is 0 Å². The van der Waals surface area contributed by atoms with Gasteiger partial charge in [0.25, 0.3) is 0 Å². The number of hydrogen-bond acceptors (Lipinski definition) is 4. The van der Waals surface area contributed by atoms with Crippen LogP contribution in [0.15, 0.2) is 23.4 Å². The summed E-state index contributed by atoms with van der Waals surface area (Å²) in [7, 11) is 0. The minimum atomic E-state index is -0.766. The predicted molar refractivity (Wildman–Crippen MR) is 84.8 cm³/mol. The van der Waals surface area contributed by atoms with E-state index in [1.165, 1.54) is 0 Å². The molecule has 1 aromatic rings. The standard InChI is InChI=1S/C15H21N3O3S/c1-2-22-13-9-11(3-6-16-13)10-17-15(21)18-7-4-12(5-8-18)14(19)20/h3,6,9,12H,2,4-5,7-8,10H2,1H3,(H,17,21)(H,19,20). The van der Waals surface area contributed by atoms with Crippen LogP contribution >= 0.6 is 11.8 Å². The molecule has 2 rings (SSSR count). The van der Waals surface area contributed by atoms with E-state index in [4.69, 9.17) is 5.11 Å². The number of hydrogen-bond donors (Lipinski definition) is 2. The zero-order chi connectivity index (χ0) is 15.9. The summed E-state index contributed by atoms with van der Waals surface area (Å²) < 4.78 is 0. The van der Waals surface area contributed by atoms with Crippen LogP contribution in [0.5, 0.6) is 0 Å². The number of nitrogens with one attached hydrogen (secondary N) is 1. The number of amides is 2. The molecule has 7 heteroatoms. The number of likely N-dealkylation sites (tertiary alicyclic amines) is 1. The van der Waals surface area contributed by atoms with Gasteiger partial charge in [0.1, 0.15) is 0 Å². The van der Waals surface area contributed by atoms with Gasteiger partial charge >= 0.3 is 12.0 Å². The molecule has 0 radical (unpaired) electrons. The first-order valence-electron chi connectivity index (χ1n) is 7.43. The Morgan fingerprint density at radius 3 is 2.82 bits per heavy atom. The van der Waals surface area contributed by atoms with Crippen LogP contribution in [-0.2, 0) is 11.3 Å². The van der Waals surface area contributed by atoms with Gasteiger partial charge in [0, 0.05) is 25.8 Å². The number of nitrogens with zero attached hydrogens (tertiary/aromatic N) is 2. The van der Waals surface area contributed by atoms with Gasteiger partial charge in [-0.15, -0.1) is 11.8 Å². The molecule has 1 aromatic heterocycles. The Kier molecular flexibility index (Phi) is 6.06. The molecule has 0 aliphatic carbocycles. The first-order chi connectivity index (χ1) is 10.6. The average Bonchev–Trinajstić information content (AvgIpc) is 2.53. The van der Waals surface area contributed by atoms with E-state index >= 15 is 0 Å². The second kappa shape index (κ2) is 8.03. The molecular formula is C15H21N3O3S. The van der Waals surface area contributed by atoms with Gasteiger partial charge < -0.3 is 15.3 Å². The number of urea groups is 1. The molecule has 0 aromatic carbocycles. The minimum Gasteiger partial charge on any atom is -0.481 e. The quantitative estimate of drug-likeness (QED) is 0.812. The Bertz CT molecular complexity index is 531. The molecule has 1 fully saturated rings. The normalized spacial score (nSPS) is 15.6. The van der Waals surface area contributed by atoms with E-state index in [-0.39, 0.29) is 11.9 Å². The van der Waals surface area contributed by atoms with Crippen LogP contribution in [0.3, 0.4) is 0 Å². The van der Waals surface area contributed by atoms with Gasteiger partial charge in [0.2, 0.25) is 0 Å². The molecular weight excluding hydrogens is 302 g/mol.